The van der Waals surface area contributed by atoms with Gasteiger partial charge in [-0.05, 0) is 48.7 Å². The van der Waals surface area contributed by atoms with Crippen molar-refractivity contribution in [3.8, 4) is 0 Å². The first-order valence-electron chi connectivity index (χ1n) is 10.5. The molecular weight excluding hydrogens is 471 g/mol. The Morgan fingerprint density at radius 2 is 1.73 bits per heavy atom. The van der Waals surface area contributed by atoms with E-state index in [0.717, 1.165) is 29.4 Å². The quantitative estimate of drug-likeness (QED) is 0.506. The van der Waals surface area contributed by atoms with Crippen LogP contribution in [0, 0.1) is 13.8 Å². The third kappa shape index (κ3) is 5.23. The molecule has 5 nitrogen and oxygen atoms in total. The molecule has 2 aromatic carbocycles. The number of halogens is 3. The number of rotatable bonds is 5. The average molecular weight is 496 g/mol. The van der Waals surface area contributed by atoms with Gasteiger partial charge in [-0.2, -0.15) is 17.5 Å². The van der Waals surface area contributed by atoms with Crippen LogP contribution in [0.5, 0.6) is 0 Å². The third-order valence-electron chi connectivity index (χ3n) is 5.80. The zero-order valence-electron chi connectivity index (χ0n) is 18.3. The second-order valence-electron chi connectivity index (χ2n) is 8.13. The topological polar surface area (TPSA) is 53.5 Å². The minimum atomic E-state index is -4.59. The molecule has 0 amide bonds. The highest BCUT2D eigenvalue weighted by atomic mass is 32.2. The number of thiazole rings is 1. The van der Waals surface area contributed by atoms with Crippen LogP contribution in [0.4, 0.5) is 18.3 Å². The summed E-state index contributed by atoms with van der Waals surface area (Å²) >= 11 is 1.51. The predicted octanol–water partition coefficient (Wildman–Crippen LogP) is 4.88. The number of aryl methyl sites for hydroxylation is 2. The Morgan fingerprint density at radius 3 is 2.39 bits per heavy atom. The average Bonchev–Trinajstić information content (AvgIpc) is 3.24. The second-order valence-corrected chi connectivity index (χ2v) is 10.9. The van der Waals surface area contributed by atoms with Crippen LogP contribution >= 0.6 is 11.3 Å². The molecule has 0 atom stereocenters. The molecule has 1 fully saturated rings. The highest BCUT2D eigenvalue weighted by molar-refractivity contribution is 7.89. The summed E-state index contributed by atoms with van der Waals surface area (Å²) in [4.78, 5) is 6.40. The highest BCUT2D eigenvalue weighted by Crippen LogP contribution is 2.32. The van der Waals surface area contributed by atoms with Crippen LogP contribution in [0.25, 0.3) is 0 Å². The van der Waals surface area contributed by atoms with Gasteiger partial charge in [-0.15, -0.1) is 11.3 Å². The third-order valence-corrected chi connectivity index (χ3v) is 8.65. The fraction of sp³-hybridized carbons (Fsp3) is 0.348. The van der Waals surface area contributed by atoms with Crippen LogP contribution in [-0.2, 0) is 22.6 Å². The SMILES string of the molecule is Cc1ccc(Cc2csc(N3CCN(S(=O)(=O)c4cccc(C(F)(F)F)c4)CC3)n2)cc1C. The van der Waals surface area contributed by atoms with E-state index in [4.69, 9.17) is 4.98 Å². The second kappa shape index (κ2) is 9.08. The maximum absolute atomic E-state index is 13.0. The van der Waals surface area contributed by atoms with Gasteiger partial charge in [0, 0.05) is 38.0 Å². The molecule has 1 aliphatic rings. The van der Waals surface area contributed by atoms with Crippen molar-refractivity contribution in [1.82, 2.24) is 9.29 Å². The van der Waals surface area contributed by atoms with E-state index in [0.29, 0.717) is 19.2 Å². The molecule has 0 saturated carbocycles. The summed E-state index contributed by atoms with van der Waals surface area (Å²) in [5.74, 6) is 0. The van der Waals surface area contributed by atoms with Gasteiger partial charge in [0.25, 0.3) is 0 Å². The van der Waals surface area contributed by atoms with Crippen molar-refractivity contribution in [2.75, 3.05) is 31.1 Å². The lowest BCUT2D eigenvalue weighted by Gasteiger charge is -2.33. The summed E-state index contributed by atoms with van der Waals surface area (Å²) in [5.41, 5.74) is 3.65. The van der Waals surface area contributed by atoms with Gasteiger partial charge in [0.15, 0.2) is 5.13 Å². The van der Waals surface area contributed by atoms with E-state index in [9.17, 15) is 21.6 Å². The molecule has 0 radical (unpaired) electrons. The summed E-state index contributed by atoms with van der Waals surface area (Å²) in [5, 5.41) is 2.83. The minimum absolute atomic E-state index is 0.185. The molecular formula is C23H24F3N3O2S2. The largest absolute Gasteiger partial charge is 0.416 e. The number of benzene rings is 2. The van der Waals surface area contributed by atoms with Gasteiger partial charge in [-0.3, -0.25) is 0 Å². The number of nitrogens with zero attached hydrogens (tertiary/aromatic N) is 3. The first-order chi connectivity index (χ1) is 15.5. The summed E-state index contributed by atoms with van der Waals surface area (Å²) in [6.07, 6.45) is -3.87. The smallest absolute Gasteiger partial charge is 0.345 e. The Kier molecular flexibility index (Phi) is 6.52. The maximum atomic E-state index is 13.0. The molecule has 2 heterocycles. The lowest BCUT2D eigenvalue weighted by Crippen LogP contribution is -2.48. The monoisotopic (exact) mass is 495 g/mol. The van der Waals surface area contributed by atoms with E-state index in [1.165, 1.54) is 38.4 Å². The Bertz CT molecular complexity index is 1250. The number of aromatic nitrogens is 1. The zero-order valence-corrected chi connectivity index (χ0v) is 19.9. The molecule has 33 heavy (non-hydrogen) atoms. The lowest BCUT2D eigenvalue weighted by atomic mass is 10.0. The fourth-order valence-electron chi connectivity index (χ4n) is 3.75. The zero-order chi connectivity index (χ0) is 23.8. The standard InChI is InChI=1S/C23H24F3N3O2S2/c1-16-6-7-18(12-17(16)2)13-20-15-32-22(27-20)28-8-10-29(11-9-28)33(30,31)21-5-3-4-19(14-21)23(24,25)26/h3-7,12,14-15H,8-11,13H2,1-2H3. The first-order valence-corrected chi connectivity index (χ1v) is 12.8. The molecule has 1 aliphatic heterocycles. The van der Waals surface area contributed by atoms with Crippen LogP contribution in [0.1, 0.15) is 27.9 Å². The van der Waals surface area contributed by atoms with E-state index in [-0.39, 0.29) is 18.0 Å². The molecule has 4 rings (SSSR count). The summed E-state index contributed by atoms with van der Waals surface area (Å²) in [7, 11) is -4.00. The van der Waals surface area contributed by atoms with Gasteiger partial charge in [0.05, 0.1) is 16.2 Å². The van der Waals surface area contributed by atoms with Gasteiger partial charge < -0.3 is 4.90 Å². The van der Waals surface area contributed by atoms with E-state index < -0.39 is 21.8 Å². The van der Waals surface area contributed by atoms with E-state index in [1.54, 1.807) is 0 Å². The number of alkyl halides is 3. The maximum Gasteiger partial charge on any atom is 0.416 e. The van der Waals surface area contributed by atoms with Crippen molar-refractivity contribution in [2.24, 2.45) is 0 Å². The molecule has 0 aliphatic carbocycles. The molecule has 3 aromatic rings. The molecule has 10 heteroatoms. The molecule has 1 saturated heterocycles. The van der Waals surface area contributed by atoms with E-state index >= 15 is 0 Å². The number of anilines is 1. The van der Waals surface area contributed by atoms with Crippen LogP contribution in [0.3, 0.4) is 0 Å². The van der Waals surface area contributed by atoms with Crippen molar-refractivity contribution in [3.05, 3.63) is 75.8 Å². The van der Waals surface area contributed by atoms with Crippen LogP contribution in [0.2, 0.25) is 0 Å². The molecule has 0 bridgehead atoms. The number of piperazine rings is 1. The summed E-state index contributed by atoms with van der Waals surface area (Å²) < 4.78 is 66.0. The van der Waals surface area contributed by atoms with Gasteiger partial charge in [0.2, 0.25) is 10.0 Å². The normalized spacial score (nSPS) is 15.7. The fourth-order valence-corrected chi connectivity index (χ4v) is 6.09. The molecule has 0 spiro atoms. The summed E-state index contributed by atoms with van der Waals surface area (Å²) in [6, 6.07) is 10.2. The van der Waals surface area contributed by atoms with Crippen LogP contribution in [0.15, 0.2) is 52.7 Å². The minimum Gasteiger partial charge on any atom is -0.345 e. The molecule has 1 aromatic heterocycles. The number of hydrogen-bond donors (Lipinski definition) is 0. The molecule has 176 valence electrons. The lowest BCUT2D eigenvalue weighted by molar-refractivity contribution is -0.137. The number of hydrogen-bond acceptors (Lipinski definition) is 5. The Labute approximate surface area is 195 Å². The summed E-state index contributed by atoms with van der Waals surface area (Å²) in [6.45, 7) is 5.38. The Morgan fingerprint density at radius 1 is 1.00 bits per heavy atom. The van der Waals surface area contributed by atoms with Crippen molar-refractivity contribution < 1.29 is 21.6 Å². The highest BCUT2D eigenvalue weighted by Gasteiger charge is 2.34. The van der Waals surface area contributed by atoms with Crippen molar-refractivity contribution in [1.29, 1.82) is 0 Å². The van der Waals surface area contributed by atoms with E-state index in [1.807, 2.05) is 10.3 Å². The predicted molar refractivity (Wildman–Crippen MR) is 123 cm³/mol. The number of sulfonamides is 1. The van der Waals surface area contributed by atoms with Crippen LogP contribution < -0.4 is 4.90 Å². The van der Waals surface area contributed by atoms with Crippen LogP contribution in [-0.4, -0.2) is 43.9 Å². The molecule has 0 N–H and O–H groups in total. The van der Waals surface area contributed by atoms with Crippen molar-refractivity contribution >= 4 is 26.5 Å². The molecule has 0 unspecified atom stereocenters. The van der Waals surface area contributed by atoms with Gasteiger partial charge in [-0.1, -0.05) is 24.3 Å². The van der Waals surface area contributed by atoms with Gasteiger partial charge >= 0.3 is 6.18 Å². The van der Waals surface area contributed by atoms with Gasteiger partial charge in [-0.25, -0.2) is 13.4 Å². The van der Waals surface area contributed by atoms with E-state index in [2.05, 4.69) is 32.0 Å². The van der Waals surface area contributed by atoms with Gasteiger partial charge in [0.1, 0.15) is 0 Å². The first kappa shape index (κ1) is 23.7. The van der Waals surface area contributed by atoms with Crippen molar-refractivity contribution in [3.63, 3.8) is 0 Å². The van der Waals surface area contributed by atoms with Crippen molar-refractivity contribution in [2.45, 2.75) is 31.3 Å². The Balaban J connectivity index is 1.41. The Hall–Kier alpha value is -2.43.